The predicted octanol–water partition coefficient (Wildman–Crippen LogP) is 2.14. The van der Waals surface area contributed by atoms with Crippen LogP contribution in [0.3, 0.4) is 0 Å². The third-order valence-corrected chi connectivity index (χ3v) is 5.58. The SMILES string of the molecule is C=CC[N+]1(CCC)CCCC1CC(C)Cc1ccccc1C.[Br-]. The van der Waals surface area contributed by atoms with Crippen molar-refractivity contribution < 1.29 is 21.5 Å². The molecule has 0 saturated carbocycles. The highest BCUT2D eigenvalue weighted by Crippen LogP contribution is 2.33. The van der Waals surface area contributed by atoms with Crippen LogP contribution in [0.25, 0.3) is 0 Å². The van der Waals surface area contributed by atoms with E-state index in [4.69, 9.17) is 0 Å². The quantitative estimate of drug-likeness (QED) is 0.479. The minimum Gasteiger partial charge on any atom is -1.00 e. The van der Waals surface area contributed by atoms with Crippen LogP contribution in [-0.2, 0) is 6.42 Å². The van der Waals surface area contributed by atoms with Gasteiger partial charge < -0.3 is 21.5 Å². The van der Waals surface area contributed by atoms with Crippen LogP contribution in [-0.4, -0.2) is 30.2 Å². The number of hydrogen-bond donors (Lipinski definition) is 0. The Hall–Kier alpha value is -0.600. The average Bonchev–Trinajstić information content (AvgIpc) is 2.85. The molecule has 1 aliphatic rings. The lowest BCUT2D eigenvalue weighted by molar-refractivity contribution is -0.934. The molecule has 0 bridgehead atoms. The lowest BCUT2D eigenvalue weighted by Crippen LogP contribution is -3.00. The standard InChI is InChI=1S/C21H34N.BrH/c1-5-13-22(14-6-2)15-9-12-21(22)17-18(3)16-20-11-8-7-10-19(20)4;/h5,7-8,10-11,18,21H,1,6,9,12-17H2,2-4H3;1H/q+1;/p-1. The normalized spacial score (nSPS) is 24.9. The fourth-order valence-electron chi connectivity index (χ4n) is 4.53. The number of likely N-dealkylation sites (tertiary alicyclic amines) is 1. The van der Waals surface area contributed by atoms with E-state index in [2.05, 4.69) is 57.7 Å². The summed E-state index contributed by atoms with van der Waals surface area (Å²) < 4.78 is 1.30. The van der Waals surface area contributed by atoms with Gasteiger partial charge in [-0.25, -0.2) is 0 Å². The molecule has 0 radical (unpaired) electrons. The third-order valence-electron chi connectivity index (χ3n) is 5.58. The number of hydrogen-bond acceptors (Lipinski definition) is 0. The van der Waals surface area contributed by atoms with Gasteiger partial charge in [0.25, 0.3) is 0 Å². The lowest BCUT2D eigenvalue weighted by atomic mass is 9.91. The minimum atomic E-state index is 0. The molecular weight excluding hydrogens is 346 g/mol. The van der Waals surface area contributed by atoms with Crippen molar-refractivity contribution >= 4 is 0 Å². The molecular formula is C21H34BrN. The molecule has 0 N–H and O–H groups in total. The van der Waals surface area contributed by atoms with Gasteiger partial charge in [-0.15, -0.1) is 0 Å². The van der Waals surface area contributed by atoms with Gasteiger partial charge >= 0.3 is 0 Å². The zero-order chi connectivity index (χ0) is 16.0. The monoisotopic (exact) mass is 379 g/mol. The zero-order valence-electron chi connectivity index (χ0n) is 15.2. The number of halogens is 1. The van der Waals surface area contributed by atoms with Crippen LogP contribution in [0.4, 0.5) is 0 Å². The van der Waals surface area contributed by atoms with E-state index < -0.39 is 0 Å². The van der Waals surface area contributed by atoms with Crippen molar-refractivity contribution in [2.45, 2.75) is 58.9 Å². The highest BCUT2D eigenvalue weighted by molar-refractivity contribution is 5.25. The number of rotatable bonds is 8. The first kappa shape index (κ1) is 20.4. The molecule has 130 valence electrons. The molecule has 3 atom stereocenters. The van der Waals surface area contributed by atoms with Crippen molar-refractivity contribution in [2.75, 3.05) is 19.6 Å². The highest BCUT2D eigenvalue weighted by Gasteiger charge is 2.40. The van der Waals surface area contributed by atoms with E-state index in [1.54, 1.807) is 0 Å². The molecule has 1 saturated heterocycles. The molecule has 3 unspecified atom stereocenters. The van der Waals surface area contributed by atoms with Crippen molar-refractivity contribution in [3.63, 3.8) is 0 Å². The van der Waals surface area contributed by atoms with Crippen molar-refractivity contribution in [1.29, 1.82) is 0 Å². The molecule has 0 aromatic heterocycles. The van der Waals surface area contributed by atoms with Gasteiger partial charge in [-0.2, -0.15) is 0 Å². The second-order valence-corrected chi connectivity index (χ2v) is 7.40. The summed E-state index contributed by atoms with van der Waals surface area (Å²) in [6.45, 7) is 14.9. The Morgan fingerprint density at radius 3 is 2.74 bits per heavy atom. The Morgan fingerprint density at radius 1 is 1.35 bits per heavy atom. The van der Waals surface area contributed by atoms with Gasteiger partial charge in [-0.3, -0.25) is 0 Å². The van der Waals surface area contributed by atoms with Crippen LogP contribution in [0.15, 0.2) is 36.9 Å². The fourth-order valence-corrected chi connectivity index (χ4v) is 4.53. The number of quaternary nitrogens is 1. The average molecular weight is 380 g/mol. The van der Waals surface area contributed by atoms with E-state index in [0.29, 0.717) is 0 Å². The molecule has 0 aliphatic carbocycles. The number of benzene rings is 1. The first-order valence-corrected chi connectivity index (χ1v) is 9.12. The lowest BCUT2D eigenvalue weighted by Gasteiger charge is -2.40. The van der Waals surface area contributed by atoms with E-state index in [1.165, 1.54) is 60.8 Å². The predicted molar refractivity (Wildman–Crippen MR) is 97.0 cm³/mol. The van der Waals surface area contributed by atoms with Gasteiger partial charge in [-0.1, -0.05) is 44.7 Å². The maximum Gasteiger partial charge on any atom is 0.0973 e. The summed E-state index contributed by atoms with van der Waals surface area (Å²) in [5, 5.41) is 0. The van der Waals surface area contributed by atoms with E-state index in [9.17, 15) is 0 Å². The summed E-state index contributed by atoms with van der Waals surface area (Å²) in [4.78, 5) is 0. The number of aryl methyl sites for hydroxylation is 1. The molecule has 0 spiro atoms. The maximum atomic E-state index is 4.03. The summed E-state index contributed by atoms with van der Waals surface area (Å²) >= 11 is 0. The minimum absolute atomic E-state index is 0. The van der Waals surface area contributed by atoms with E-state index in [1.807, 2.05) is 0 Å². The largest absolute Gasteiger partial charge is 1.00 e. The van der Waals surface area contributed by atoms with Crippen LogP contribution < -0.4 is 17.0 Å². The second kappa shape index (κ2) is 9.64. The van der Waals surface area contributed by atoms with Crippen LogP contribution in [0.5, 0.6) is 0 Å². The Bertz CT molecular complexity index is 484. The van der Waals surface area contributed by atoms with E-state index >= 15 is 0 Å². The first-order valence-electron chi connectivity index (χ1n) is 9.12. The van der Waals surface area contributed by atoms with Gasteiger partial charge in [-0.05, 0) is 42.9 Å². The van der Waals surface area contributed by atoms with E-state index in [-0.39, 0.29) is 17.0 Å². The zero-order valence-corrected chi connectivity index (χ0v) is 16.8. The van der Waals surface area contributed by atoms with Crippen molar-refractivity contribution in [1.82, 2.24) is 0 Å². The topological polar surface area (TPSA) is 0 Å². The smallest absolute Gasteiger partial charge is 0.0973 e. The van der Waals surface area contributed by atoms with Crippen molar-refractivity contribution in [3.8, 4) is 0 Å². The Morgan fingerprint density at radius 2 is 2.09 bits per heavy atom. The molecule has 1 fully saturated rings. The van der Waals surface area contributed by atoms with E-state index in [0.717, 1.165) is 18.5 Å². The maximum absolute atomic E-state index is 4.03. The summed E-state index contributed by atoms with van der Waals surface area (Å²) in [6, 6.07) is 9.72. The van der Waals surface area contributed by atoms with Crippen LogP contribution in [0.1, 0.15) is 50.7 Å². The van der Waals surface area contributed by atoms with Crippen molar-refractivity contribution in [3.05, 3.63) is 48.0 Å². The summed E-state index contributed by atoms with van der Waals surface area (Å²) in [7, 11) is 0. The van der Waals surface area contributed by atoms with Crippen LogP contribution >= 0.6 is 0 Å². The number of nitrogens with zero attached hydrogens (tertiary/aromatic N) is 1. The molecule has 2 heteroatoms. The Kier molecular flexibility index (Phi) is 8.57. The molecule has 1 heterocycles. The highest BCUT2D eigenvalue weighted by atomic mass is 79.9. The summed E-state index contributed by atoms with van der Waals surface area (Å²) in [5.74, 6) is 0.767. The van der Waals surface area contributed by atoms with Crippen LogP contribution in [0.2, 0.25) is 0 Å². The Labute approximate surface area is 154 Å². The molecule has 2 rings (SSSR count). The third kappa shape index (κ3) is 5.19. The molecule has 1 nitrogen and oxygen atoms in total. The molecule has 1 aliphatic heterocycles. The van der Waals surface area contributed by atoms with Gasteiger partial charge in [0.05, 0.1) is 25.7 Å². The first-order chi connectivity index (χ1) is 10.6. The summed E-state index contributed by atoms with van der Waals surface area (Å²) in [6.07, 6.45) is 8.84. The van der Waals surface area contributed by atoms with Crippen LogP contribution in [0, 0.1) is 12.8 Å². The molecule has 1 aromatic carbocycles. The molecule has 1 aromatic rings. The van der Waals surface area contributed by atoms with Gasteiger partial charge in [0.1, 0.15) is 0 Å². The fraction of sp³-hybridized carbons (Fsp3) is 0.619. The summed E-state index contributed by atoms with van der Waals surface area (Å²) in [5.41, 5.74) is 2.98. The van der Waals surface area contributed by atoms with Gasteiger partial charge in [0.2, 0.25) is 0 Å². The Balaban J connectivity index is 0.00000264. The van der Waals surface area contributed by atoms with Gasteiger partial charge in [0.15, 0.2) is 0 Å². The second-order valence-electron chi connectivity index (χ2n) is 7.40. The van der Waals surface area contributed by atoms with Gasteiger partial charge in [0, 0.05) is 19.3 Å². The van der Waals surface area contributed by atoms with Crippen molar-refractivity contribution in [2.24, 2.45) is 5.92 Å². The molecule has 23 heavy (non-hydrogen) atoms. The molecule has 0 amide bonds.